The smallest absolute Gasteiger partial charge is 0.262 e. The second-order valence-electron chi connectivity index (χ2n) is 5.20. The van der Waals surface area contributed by atoms with Gasteiger partial charge in [-0.1, -0.05) is 15.9 Å². The van der Waals surface area contributed by atoms with Gasteiger partial charge in [0, 0.05) is 10.2 Å². The first kappa shape index (κ1) is 20.0. The van der Waals surface area contributed by atoms with Gasteiger partial charge in [0.1, 0.15) is 5.75 Å². The van der Waals surface area contributed by atoms with Crippen LogP contribution < -0.4 is 19.5 Å². The third-order valence-corrected chi connectivity index (χ3v) is 4.12. The van der Waals surface area contributed by atoms with Crippen LogP contribution in [0.15, 0.2) is 40.9 Å². The summed E-state index contributed by atoms with van der Waals surface area (Å²) >= 11 is 3.13. The van der Waals surface area contributed by atoms with Crippen LogP contribution in [0.3, 0.4) is 0 Å². The van der Waals surface area contributed by atoms with Gasteiger partial charge >= 0.3 is 0 Å². The molecule has 7 nitrogen and oxygen atoms in total. The topological polar surface area (TPSA) is 93.7 Å². The number of carbonyl (C=O) groups is 1. The van der Waals surface area contributed by atoms with Crippen molar-refractivity contribution >= 4 is 43.2 Å². The molecule has 0 saturated heterocycles. The molecular weight excluding hydrogens is 431 g/mol. The first-order chi connectivity index (χ1) is 12.2. The van der Waals surface area contributed by atoms with Gasteiger partial charge in [0.15, 0.2) is 18.2 Å². The van der Waals surface area contributed by atoms with E-state index in [9.17, 15) is 17.6 Å². The molecule has 0 fully saturated rings. The molecule has 0 unspecified atom stereocenters. The van der Waals surface area contributed by atoms with Crippen LogP contribution in [0.25, 0.3) is 0 Å². The lowest BCUT2D eigenvalue weighted by molar-refractivity contribution is -0.118. The fourth-order valence-corrected chi connectivity index (χ4v) is 2.89. The number of halogens is 2. The van der Waals surface area contributed by atoms with Crippen LogP contribution in [0.1, 0.15) is 0 Å². The van der Waals surface area contributed by atoms with E-state index in [1.165, 1.54) is 37.4 Å². The van der Waals surface area contributed by atoms with Crippen LogP contribution in [-0.4, -0.2) is 34.3 Å². The standard InChI is InChI=1S/C16H16BrFN2O5S/c1-24-15-6-4-11(8-13(15)20-26(2,22)23)19-16(21)9-25-14-5-3-10(17)7-12(14)18/h3-8,20H,9H2,1-2H3,(H,19,21). The van der Waals surface area contributed by atoms with Crippen molar-refractivity contribution in [2.75, 3.05) is 30.0 Å². The zero-order valence-electron chi connectivity index (χ0n) is 13.9. The molecule has 10 heteroatoms. The van der Waals surface area contributed by atoms with Crippen LogP contribution in [0.4, 0.5) is 15.8 Å². The van der Waals surface area contributed by atoms with Crippen molar-refractivity contribution < 1.29 is 27.1 Å². The lowest BCUT2D eigenvalue weighted by Crippen LogP contribution is -2.20. The molecule has 0 atom stereocenters. The molecule has 0 heterocycles. The van der Waals surface area contributed by atoms with E-state index in [1.807, 2.05) is 0 Å². The number of methoxy groups -OCH3 is 1. The van der Waals surface area contributed by atoms with Crippen molar-refractivity contribution in [2.45, 2.75) is 0 Å². The predicted molar refractivity (Wildman–Crippen MR) is 99.7 cm³/mol. The summed E-state index contributed by atoms with van der Waals surface area (Å²) in [5, 5.41) is 2.53. The lowest BCUT2D eigenvalue weighted by Gasteiger charge is -2.13. The molecule has 0 aliphatic heterocycles. The molecule has 140 valence electrons. The molecule has 2 rings (SSSR count). The van der Waals surface area contributed by atoms with E-state index < -0.39 is 28.4 Å². The second kappa shape index (κ2) is 8.37. The van der Waals surface area contributed by atoms with E-state index in [0.717, 1.165) is 6.26 Å². The molecule has 1 amide bonds. The minimum Gasteiger partial charge on any atom is -0.495 e. The molecule has 0 radical (unpaired) electrons. The van der Waals surface area contributed by atoms with E-state index in [-0.39, 0.29) is 11.4 Å². The van der Waals surface area contributed by atoms with Crippen molar-refractivity contribution in [3.8, 4) is 11.5 Å². The Kier molecular flexibility index (Phi) is 6.43. The largest absolute Gasteiger partial charge is 0.495 e. The van der Waals surface area contributed by atoms with E-state index >= 15 is 0 Å². The van der Waals surface area contributed by atoms with Gasteiger partial charge in [-0.3, -0.25) is 9.52 Å². The fourth-order valence-electron chi connectivity index (χ4n) is 2.00. The molecule has 0 bridgehead atoms. The van der Waals surface area contributed by atoms with Gasteiger partial charge in [0.25, 0.3) is 5.91 Å². The van der Waals surface area contributed by atoms with Crippen LogP contribution in [-0.2, 0) is 14.8 Å². The quantitative estimate of drug-likeness (QED) is 0.681. The molecule has 0 aliphatic carbocycles. The number of sulfonamides is 1. The number of rotatable bonds is 7. The molecule has 2 N–H and O–H groups in total. The Hall–Kier alpha value is -2.33. The van der Waals surface area contributed by atoms with Gasteiger partial charge in [-0.15, -0.1) is 0 Å². The van der Waals surface area contributed by atoms with Crippen molar-refractivity contribution in [2.24, 2.45) is 0 Å². The van der Waals surface area contributed by atoms with Crippen molar-refractivity contribution in [3.05, 3.63) is 46.7 Å². The zero-order valence-corrected chi connectivity index (χ0v) is 16.3. The van der Waals surface area contributed by atoms with Crippen LogP contribution in [0.2, 0.25) is 0 Å². The molecule has 26 heavy (non-hydrogen) atoms. The second-order valence-corrected chi connectivity index (χ2v) is 7.87. The molecule has 0 saturated carbocycles. The minimum absolute atomic E-state index is 0.0579. The Labute approximate surface area is 158 Å². The molecule has 0 spiro atoms. The van der Waals surface area contributed by atoms with Gasteiger partial charge in [0.2, 0.25) is 10.0 Å². The molecule has 2 aromatic carbocycles. The maximum atomic E-state index is 13.7. The summed E-state index contributed by atoms with van der Waals surface area (Å²) in [5.41, 5.74) is 0.495. The lowest BCUT2D eigenvalue weighted by atomic mass is 10.2. The molecule has 2 aromatic rings. The fraction of sp³-hybridized carbons (Fsp3) is 0.188. The third-order valence-electron chi connectivity index (χ3n) is 3.03. The number of amides is 1. The van der Waals surface area contributed by atoms with E-state index in [0.29, 0.717) is 15.9 Å². The van der Waals surface area contributed by atoms with Crippen molar-refractivity contribution in [1.29, 1.82) is 0 Å². The average Bonchev–Trinajstić information content (AvgIpc) is 2.53. The third kappa shape index (κ3) is 5.88. The number of nitrogens with one attached hydrogen (secondary N) is 2. The monoisotopic (exact) mass is 446 g/mol. The van der Waals surface area contributed by atoms with Crippen LogP contribution >= 0.6 is 15.9 Å². The average molecular weight is 447 g/mol. The first-order valence-corrected chi connectivity index (χ1v) is 9.90. The van der Waals surface area contributed by atoms with E-state index in [2.05, 4.69) is 26.0 Å². The number of benzene rings is 2. The highest BCUT2D eigenvalue weighted by atomic mass is 79.9. The molecule has 0 aromatic heterocycles. The Bertz CT molecular complexity index is 921. The Balaban J connectivity index is 2.05. The van der Waals surface area contributed by atoms with E-state index in [4.69, 9.17) is 9.47 Å². The first-order valence-electron chi connectivity index (χ1n) is 7.21. The highest BCUT2D eigenvalue weighted by Crippen LogP contribution is 2.28. The summed E-state index contributed by atoms with van der Waals surface area (Å²) in [4.78, 5) is 12.0. The van der Waals surface area contributed by atoms with Gasteiger partial charge in [-0.05, 0) is 36.4 Å². The maximum Gasteiger partial charge on any atom is 0.262 e. The van der Waals surface area contributed by atoms with Gasteiger partial charge in [0.05, 0.1) is 19.1 Å². The summed E-state index contributed by atoms with van der Waals surface area (Å²) in [7, 11) is -2.13. The highest BCUT2D eigenvalue weighted by molar-refractivity contribution is 9.10. The minimum atomic E-state index is -3.52. The number of hydrogen-bond acceptors (Lipinski definition) is 5. The summed E-state index contributed by atoms with van der Waals surface area (Å²) in [6.07, 6.45) is 0.998. The predicted octanol–water partition coefficient (Wildman–Crippen LogP) is 2.99. The molecule has 0 aliphatic rings. The normalized spacial score (nSPS) is 10.9. The Morgan fingerprint density at radius 1 is 1.19 bits per heavy atom. The SMILES string of the molecule is COc1ccc(NC(=O)COc2ccc(Br)cc2F)cc1NS(C)(=O)=O. The summed E-state index contributed by atoms with van der Waals surface area (Å²) in [5.74, 6) is -0.904. The summed E-state index contributed by atoms with van der Waals surface area (Å²) in [6.45, 7) is -0.417. The maximum absolute atomic E-state index is 13.7. The Morgan fingerprint density at radius 2 is 1.88 bits per heavy atom. The van der Waals surface area contributed by atoms with Gasteiger partial charge < -0.3 is 14.8 Å². The van der Waals surface area contributed by atoms with Crippen LogP contribution in [0.5, 0.6) is 11.5 Å². The molecular formula is C16H16BrFN2O5S. The summed E-state index contributed by atoms with van der Waals surface area (Å²) in [6, 6.07) is 8.64. The number of ether oxygens (including phenoxy) is 2. The highest BCUT2D eigenvalue weighted by Gasteiger charge is 2.12. The van der Waals surface area contributed by atoms with Gasteiger partial charge in [-0.2, -0.15) is 0 Å². The number of hydrogen-bond donors (Lipinski definition) is 2. The summed E-state index contributed by atoms with van der Waals surface area (Å²) < 4.78 is 49.5. The number of carbonyl (C=O) groups excluding carboxylic acids is 1. The van der Waals surface area contributed by atoms with Crippen molar-refractivity contribution in [1.82, 2.24) is 0 Å². The zero-order chi connectivity index (χ0) is 19.3. The Morgan fingerprint density at radius 3 is 2.50 bits per heavy atom. The van der Waals surface area contributed by atoms with Gasteiger partial charge in [-0.25, -0.2) is 12.8 Å². The van der Waals surface area contributed by atoms with Crippen molar-refractivity contribution in [3.63, 3.8) is 0 Å². The number of anilines is 2. The van der Waals surface area contributed by atoms with E-state index in [1.54, 1.807) is 6.07 Å². The van der Waals surface area contributed by atoms with Crippen LogP contribution in [0, 0.1) is 5.82 Å².